The van der Waals surface area contributed by atoms with Crippen molar-refractivity contribution in [2.24, 2.45) is 0 Å². The molecule has 0 spiro atoms. The number of amides is 1. The maximum atomic E-state index is 11.2. The lowest BCUT2D eigenvalue weighted by atomic mass is 10.2. The molecule has 2 N–H and O–H groups in total. The van der Waals surface area contributed by atoms with Gasteiger partial charge in [0.2, 0.25) is 11.8 Å². The van der Waals surface area contributed by atoms with Crippen LogP contribution < -0.4 is 15.4 Å². The van der Waals surface area contributed by atoms with Gasteiger partial charge in [-0.2, -0.15) is 0 Å². The molecule has 0 bridgehead atoms. The summed E-state index contributed by atoms with van der Waals surface area (Å²) in [6.07, 6.45) is 0. The van der Waals surface area contributed by atoms with Crippen molar-refractivity contribution in [2.45, 2.75) is 19.8 Å². The molecule has 1 aromatic carbocycles. The summed E-state index contributed by atoms with van der Waals surface area (Å²) in [6.45, 7) is 3.17. The Labute approximate surface area is 113 Å². The number of benzene rings is 1. The number of ether oxygens (including phenoxy) is 3. The minimum Gasteiger partial charge on any atom is -0.497 e. The van der Waals surface area contributed by atoms with Gasteiger partial charge in [0.05, 0.1) is 18.5 Å². The monoisotopic (exact) mass is 268 g/mol. The van der Waals surface area contributed by atoms with E-state index in [2.05, 4.69) is 10.6 Å². The molecule has 6 nitrogen and oxygen atoms in total. The molecular weight excluding hydrogens is 248 g/mol. The Hall–Kier alpha value is -1.79. The minimum atomic E-state index is -1.00. The second-order valence-corrected chi connectivity index (χ2v) is 4.07. The van der Waals surface area contributed by atoms with Gasteiger partial charge in [0.25, 0.3) is 0 Å². The molecule has 6 heteroatoms. The summed E-state index contributed by atoms with van der Waals surface area (Å²) in [5.41, 5.74) is 1.26. The maximum Gasteiger partial charge on any atom is 0.245 e. The number of methoxy groups -OCH3 is 3. The van der Waals surface area contributed by atoms with Gasteiger partial charge >= 0.3 is 0 Å². The van der Waals surface area contributed by atoms with Crippen molar-refractivity contribution in [3.05, 3.63) is 18.2 Å². The number of hydrogen-bond acceptors (Lipinski definition) is 5. The molecule has 0 aliphatic rings. The second-order valence-electron chi connectivity index (χ2n) is 4.07. The van der Waals surface area contributed by atoms with Crippen molar-refractivity contribution in [1.82, 2.24) is 0 Å². The summed E-state index contributed by atoms with van der Waals surface area (Å²) >= 11 is 0. The lowest BCUT2D eigenvalue weighted by Gasteiger charge is -2.29. The average molecular weight is 268 g/mol. The van der Waals surface area contributed by atoms with Crippen LogP contribution in [0.5, 0.6) is 5.75 Å². The highest BCUT2D eigenvalue weighted by Gasteiger charge is 2.24. The predicted molar refractivity (Wildman–Crippen MR) is 73.3 cm³/mol. The van der Waals surface area contributed by atoms with Crippen molar-refractivity contribution in [1.29, 1.82) is 0 Å². The number of anilines is 2. The van der Waals surface area contributed by atoms with E-state index in [1.54, 1.807) is 32.2 Å². The first-order valence-corrected chi connectivity index (χ1v) is 5.78. The molecule has 0 radical (unpaired) electrons. The van der Waals surface area contributed by atoms with Crippen LogP contribution in [0.2, 0.25) is 0 Å². The standard InChI is InChI=1S/C13H20N2O4/c1-9(16)14-11-7-6-10(17-3)8-12(11)15-13(2,18-4)19-5/h6-8,15H,1-5H3,(H,14,16). The number of nitrogens with one attached hydrogen (secondary N) is 2. The molecular formula is C13H20N2O4. The lowest BCUT2D eigenvalue weighted by molar-refractivity contribution is -0.171. The van der Waals surface area contributed by atoms with E-state index in [9.17, 15) is 4.79 Å². The van der Waals surface area contributed by atoms with Crippen LogP contribution >= 0.6 is 0 Å². The molecule has 1 amide bonds. The van der Waals surface area contributed by atoms with Crippen LogP contribution in [-0.4, -0.2) is 33.1 Å². The van der Waals surface area contributed by atoms with Crippen molar-refractivity contribution < 1.29 is 19.0 Å². The fraction of sp³-hybridized carbons (Fsp3) is 0.462. The molecule has 0 atom stereocenters. The molecule has 106 valence electrons. The van der Waals surface area contributed by atoms with E-state index in [1.165, 1.54) is 21.1 Å². The van der Waals surface area contributed by atoms with E-state index < -0.39 is 5.91 Å². The molecule has 0 saturated heterocycles. The first-order chi connectivity index (χ1) is 8.94. The molecule has 0 heterocycles. The van der Waals surface area contributed by atoms with Gasteiger partial charge < -0.3 is 24.8 Å². The molecule has 1 aromatic rings. The van der Waals surface area contributed by atoms with E-state index in [-0.39, 0.29) is 5.91 Å². The third kappa shape index (κ3) is 4.11. The zero-order valence-corrected chi connectivity index (χ0v) is 11.9. The average Bonchev–Trinajstić information content (AvgIpc) is 2.40. The highest BCUT2D eigenvalue weighted by molar-refractivity contribution is 5.92. The Bertz CT molecular complexity index is 444. The normalized spacial score (nSPS) is 11.0. The maximum absolute atomic E-state index is 11.2. The topological polar surface area (TPSA) is 68.8 Å². The highest BCUT2D eigenvalue weighted by Crippen LogP contribution is 2.30. The van der Waals surface area contributed by atoms with Gasteiger partial charge in [-0.1, -0.05) is 0 Å². The summed E-state index contributed by atoms with van der Waals surface area (Å²) in [5, 5.41) is 5.79. The lowest BCUT2D eigenvalue weighted by Crippen LogP contribution is -2.39. The summed E-state index contributed by atoms with van der Waals surface area (Å²) < 4.78 is 15.6. The van der Waals surface area contributed by atoms with Gasteiger partial charge in [0.15, 0.2) is 0 Å². The summed E-state index contributed by atoms with van der Waals surface area (Å²) in [6, 6.07) is 5.25. The first kappa shape index (κ1) is 15.3. The molecule has 0 aromatic heterocycles. The SMILES string of the molecule is COc1ccc(NC(C)=O)c(NC(C)(OC)OC)c1. The van der Waals surface area contributed by atoms with Crippen LogP contribution in [-0.2, 0) is 14.3 Å². The van der Waals surface area contributed by atoms with E-state index in [1.807, 2.05) is 0 Å². The number of hydrogen-bond donors (Lipinski definition) is 2. The summed E-state index contributed by atoms with van der Waals surface area (Å²) in [4.78, 5) is 11.2. The third-order valence-electron chi connectivity index (χ3n) is 2.68. The Morgan fingerprint density at radius 1 is 1.16 bits per heavy atom. The molecule has 0 saturated carbocycles. The van der Waals surface area contributed by atoms with Gasteiger partial charge in [0.1, 0.15) is 5.75 Å². The number of carbonyl (C=O) groups is 1. The van der Waals surface area contributed by atoms with Crippen molar-refractivity contribution in [2.75, 3.05) is 32.0 Å². The summed E-state index contributed by atoms with van der Waals surface area (Å²) in [5.74, 6) is -0.504. The van der Waals surface area contributed by atoms with Gasteiger partial charge in [-0.05, 0) is 12.1 Å². The molecule has 0 aliphatic carbocycles. The van der Waals surface area contributed by atoms with Gasteiger partial charge in [-0.3, -0.25) is 4.79 Å². The number of rotatable bonds is 6. The van der Waals surface area contributed by atoms with E-state index in [0.29, 0.717) is 17.1 Å². The quantitative estimate of drug-likeness (QED) is 0.773. The zero-order chi connectivity index (χ0) is 14.5. The molecule has 1 rings (SSSR count). The molecule has 0 fully saturated rings. The molecule has 0 aliphatic heterocycles. The van der Waals surface area contributed by atoms with E-state index in [4.69, 9.17) is 14.2 Å². The minimum absolute atomic E-state index is 0.162. The molecule has 0 unspecified atom stereocenters. The van der Waals surface area contributed by atoms with Crippen LogP contribution in [0.15, 0.2) is 18.2 Å². The molecule has 19 heavy (non-hydrogen) atoms. The zero-order valence-electron chi connectivity index (χ0n) is 11.9. The first-order valence-electron chi connectivity index (χ1n) is 5.78. The van der Waals surface area contributed by atoms with Crippen molar-refractivity contribution in [3.8, 4) is 5.75 Å². The Balaban J connectivity index is 3.10. The number of carbonyl (C=O) groups excluding carboxylic acids is 1. The van der Waals surface area contributed by atoms with Gasteiger partial charge in [-0.15, -0.1) is 0 Å². The fourth-order valence-corrected chi connectivity index (χ4v) is 1.48. The Morgan fingerprint density at radius 3 is 2.26 bits per heavy atom. The van der Waals surface area contributed by atoms with Crippen molar-refractivity contribution in [3.63, 3.8) is 0 Å². The van der Waals surface area contributed by atoms with Crippen LogP contribution in [0.4, 0.5) is 11.4 Å². The fourth-order valence-electron chi connectivity index (χ4n) is 1.48. The van der Waals surface area contributed by atoms with Gasteiger partial charge in [-0.25, -0.2) is 0 Å². The van der Waals surface area contributed by atoms with Crippen LogP contribution in [0.25, 0.3) is 0 Å². The van der Waals surface area contributed by atoms with Gasteiger partial charge in [0, 0.05) is 34.1 Å². The smallest absolute Gasteiger partial charge is 0.245 e. The van der Waals surface area contributed by atoms with Crippen LogP contribution in [0, 0.1) is 0 Å². The third-order valence-corrected chi connectivity index (χ3v) is 2.68. The van der Waals surface area contributed by atoms with E-state index in [0.717, 1.165) is 0 Å². The van der Waals surface area contributed by atoms with Crippen molar-refractivity contribution >= 4 is 17.3 Å². The second kappa shape index (κ2) is 6.40. The Kier molecular flexibility index (Phi) is 5.14. The Morgan fingerprint density at radius 2 is 1.79 bits per heavy atom. The predicted octanol–water partition coefficient (Wildman–Crippen LogP) is 2.03. The largest absolute Gasteiger partial charge is 0.497 e. The van der Waals surface area contributed by atoms with E-state index >= 15 is 0 Å². The van der Waals surface area contributed by atoms with Crippen LogP contribution in [0.3, 0.4) is 0 Å². The van der Waals surface area contributed by atoms with Crippen LogP contribution in [0.1, 0.15) is 13.8 Å². The highest BCUT2D eigenvalue weighted by atomic mass is 16.7. The summed E-state index contributed by atoms with van der Waals surface area (Å²) in [7, 11) is 4.62.